The van der Waals surface area contributed by atoms with Crippen LogP contribution in [0, 0.1) is 0 Å². The van der Waals surface area contributed by atoms with E-state index in [4.69, 9.17) is 13.9 Å². The smallest absolute Gasteiger partial charge is 0.296 e. The fourth-order valence-corrected chi connectivity index (χ4v) is 4.97. The van der Waals surface area contributed by atoms with Crippen molar-refractivity contribution in [2.45, 2.75) is 58.2 Å². The van der Waals surface area contributed by atoms with Crippen LogP contribution in [-0.2, 0) is 22.6 Å². The van der Waals surface area contributed by atoms with Gasteiger partial charge in [0.1, 0.15) is 29.1 Å². The Morgan fingerprint density at radius 2 is 1.92 bits per heavy atom. The minimum Gasteiger partial charge on any atom is -0.507 e. The van der Waals surface area contributed by atoms with Crippen LogP contribution >= 0.6 is 0 Å². The number of nitrogens with zero attached hydrogens (tertiary/aromatic N) is 1. The third-order valence-electron chi connectivity index (χ3n) is 6.83. The Labute approximate surface area is 216 Å². The van der Waals surface area contributed by atoms with Crippen LogP contribution in [0.15, 0.2) is 70.9 Å². The molecule has 0 radical (unpaired) electrons. The first kappa shape index (κ1) is 24.7. The van der Waals surface area contributed by atoms with E-state index >= 15 is 0 Å². The van der Waals surface area contributed by atoms with Crippen molar-refractivity contribution in [2.24, 2.45) is 0 Å². The molecule has 1 fully saturated rings. The summed E-state index contributed by atoms with van der Waals surface area (Å²) in [5, 5.41) is 11.4. The average molecular weight is 502 g/mol. The fraction of sp³-hybridized carbons (Fsp3) is 0.333. The zero-order valence-electron chi connectivity index (χ0n) is 21.1. The number of furan rings is 1. The van der Waals surface area contributed by atoms with E-state index in [0.29, 0.717) is 29.9 Å². The van der Waals surface area contributed by atoms with Gasteiger partial charge in [0, 0.05) is 12.0 Å². The summed E-state index contributed by atoms with van der Waals surface area (Å²) in [5.41, 5.74) is 2.20. The van der Waals surface area contributed by atoms with Crippen molar-refractivity contribution in [2.75, 3.05) is 6.61 Å². The number of ketones is 1. The van der Waals surface area contributed by atoms with Gasteiger partial charge in [0.25, 0.3) is 11.7 Å². The molecule has 0 bridgehead atoms. The zero-order valence-corrected chi connectivity index (χ0v) is 21.1. The Bertz CT molecular complexity index is 1310. The summed E-state index contributed by atoms with van der Waals surface area (Å²) >= 11 is 0. The predicted molar refractivity (Wildman–Crippen MR) is 138 cm³/mol. The van der Waals surface area contributed by atoms with Gasteiger partial charge in [0.05, 0.1) is 31.0 Å². The SMILES string of the molecule is CCCCCOc1ccc(C2/C(=C(\O)c3ccc4c(c3)CC(C)O4)C(=O)C(=O)N2Cc2ccco2)cc1. The maximum atomic E-state index is 13.3. The third-order valence-corrected chi connectivity index (χ3v) is 6.83. The normalized spacial score (nSPS) is 20.2. The maximum absolute atomic E-state index is 13.3. The Morgan fingerprint density at radius 3 is 2.65 bits per heavy atom. The first-order chi connectivity index (χ1) is 18.0. The van der Waals surface area contributed by atoms with Crippen molar-refractivity contribution < 1.29 is 28.6 Å². The quantitative estimate of drug-likeness (QED) is 0.173. The summed E-state index contributed by atoms with van der Waals surface area (Å²) in [5.74, 6) is 0.433. The Kier molecular flexibility index (Phi) is 7.04. The topological polar surface area (TPSA) is 89.2 Å². The second-order valence-corrected chi connectivity index (χ2v) is 9.59. The lowest BCUT2D eigenvalue weighted by Gasteiger charge is -2.24. The Hall–Kier alpha value is -4.00. The van der Waals surface area contributed by atoms with Gasteiger partial charge in [-0.15, -0.1) is 0 Å². The van der Waals surface area contributed by atoms with Crippen LogP contribution in [0.4, 0.5) is 0 Å². The number of benzene rings is 2. The van der Waals surface area contributed by atoms with E-state index in [9.17, 15) is 14.7 Å². The molecule has 2 aromatic carbocycles. The first-order valence-electron chi connectivity index (χ1n) is 12.8. The van der Waals surface area contributed by atoms with Crippen molar-refractivity contribution in [1.29, 1.82) is 0 Å². The van der Waals surface area contributed by atoms with Gasteiger partial charge >= 0.3 is 0 Å². The highest BCUT2D eigenvalue weighted by Gasteiger charge is 2.46. The molecule has 2 atom stereocenters. The largest absolute Gasteiger partial charge is 0.507 e. The van der Waals surface area contributed by atoms with Crippen LogP contribution in [0.3, 0.4) is 0 Å². The second-order valence-electron chi connectivity index (χ2n) is 9.59. The predicted octanol–water partition coefficient (Wildman–Crippen LogP) is 5.79. The molecule has 2 aliphatic heterocycles. The van der Waals surface area contributed by atoms with E-state index in [1.165, 1.54) is 11.2 Å². The van der Waals surface area contributed by atoms with Gasteiger partial charge in [-0.25, -0.2) is 0 Å². The summed E-state index contributed by atoms with van der Waals surface area (Å²) in [6.45, 7) is 4.86. The number of ether oxygens (including phenoxy) is 2. The highest BCUT2D eigenvalue weighted by Crippen LogP contribution is 2.41. The molecular formula is C30H31NO6. The summed E-state index contributed by atoms with van der Waals surface area (Å²) < 4.78 is 17.1. The van der Waals surface area contributed by atoms with Crippen molar-refractivity contribution in [3.63, 3.8) is 0 Å². The van der Waals surface area contributed by atoms with Crippen LogP contribution in [0.25, 0.3) is 5.76 Å². The zero-order chi connectivity index (χ0) is 25.9. The number of Topliss-reactive ketones (excluding diaryl/α,β-unsaturated/α-hetero) is 1. The van der Waals surface area contributed by atoms with Crippen LogP contribution in [0.1, 0.15) is 61.6 Å². The number of unbranched alkanes of at least 4 members (excludes halogenated alkanes) is 2. The molecule has 5 rings (SSSR count). The monoisotopic (exact) mass is 501 g/mol. The first-order valence-corrected chi connectivity index (χ1v) is 12.8. The molecule has 0 saturated carbocycles. The third kappa shape index (κ3) is 4.99. The number of rotatable bonds is 9. The molecule has 192 valence electrons. The fourth-order valence-electron chi connectivity index (χ4n) is 4.97. The molecule has 37 heavy (non-hydrogen) atoms. The molecule has 1 N–H and O–H groups in total. The average Bonchev–Trinajstić information content (AvgIpc) is 3.61. The molecule has 7 heteroatoms. The molecule has 1 saturated heterocycles. The van der Waals surface area contributed by atoms with E-state index in [1.54, 1.807) is 24.3 Å². The van der Waals surface area contributed by atoms with Crippen molar-refractivity contribution in [1.82, 2.24) is 4.90 Å². The highest BCUT2D eigenvalue weighted by molar-refractivity contribution is 6.46. The minimum atomic E-state index is -0.775. The second kappa shape index (κ2) is 10.5. The van der Waals surface area contributed by atoms with E-state index < -0.39 is 17.7 Å². The molecule has 2 unspecified atom stereocenters. The molecule has 0 aliphatic carbocycles. The highest BCUT2D eigenvalue weighted by atomic mass is 16.5. The molecule has 3 heterocycles. The lowest BCUT2D eigenvalue weighted by molar-refractivity contribution is -0.140. The number of carbonyl (C=O) groups is 2. The number of aliphatic hydroxyl groups excluding tert-OH is 1. The van der Waals surface area contributed by atoms with Gasteiger partial charge < -0.3 is 23.9 Å². The molecule has 1 amide bonds. The molecule has 2 aliphatic rings. The van der Waals surface area contributed by atoms with Gasteiger partial charge in [0.15, 0.2) is 0 Å². The van der Waals surface area contributed by atoms with Crippen molar-refractivity contribution in [3.8, 4) is 11.5 Å². The number of carbonyl (C=O) groups excluding carboxylic acids is 2. The van der Waals surface area contributed by atoms with Crippen molar-refractivity contribution >= 4 is 17.4 Å². The van der Waals surface area contributed by atoms with E-state index in [2.05, 4.69) is 6.92 Å². The number of aliphatic hydroxyl groups is 1. The molecule has 7 nitrogen and oxygen atoms in total. The lowest BCUT2D eigenvalue weighted by atomic mass is 9.94. The summed E-state index contributed by atoms with van der Waals surface area (Å²) in [6.07, 6.45) is 5.49. The van der Waals surface area contributed by atoms with Gasteiger partial charge in [0.2, 0.25) is 0 Å². The molecule has 1 aromatic heterocycles. The summed E-state index contributed by atoms with van der Waals surface area (Å²) in [4.78, 5) is 28.0. The van der Waals surface area contributed by atoms with E-state index in [0.717, 1.165) is 36.3 Å². The molecule has 3 aromatic rings. The van der Waals surface area contributed by atoms with E-state index in [-0.39, 0.29) is 24.0 Å². The lowest BCUT2D eigenvalue weighted by Crippen LogP contribution is -2.29. The van der Waals surface area contributed by atoms with Gasteiger partial charge in [-0.2, -0.15) is 0 Å². The number of likely N-dealkylation sites (tertiary alicyclic amines) is 1. The van der Waals surface area contributed by atoms with Crippen LogP contribution in [0.5, 0.6) is 11.5 Å². The number of hydrogen-bond donors (Lipinski definition) is 1. The Morgan fingerprint density at radius 1 is 1.11 bits per heavy atom. The van der Waals surface area contributed by atoms with Gasteiger partial charge in [-0.1, -0.05) is 31.9 Å². The Balaban J connectivity index is 1.52. The molecular weight excluding hydrogens is 470 g/mol. The minimum absolute atomic E-state index is 0.0500. The van der Waals surface area contributed by atoms with Crippen LogP contribution in [-0.4, -0.2) is 34.4 Å². The number of hydrogen-bond acceptors (Lipinski definition) is 6. The van der Waals surface area contributed by atoms with Crippen LogP contribution < -0.4 is 9.47 Å². The standard InChI is InChI=1S/C30H31NO6/c1-3-4-5-14-35-23-11-8-20(9-12-23)27-26(29(33)30(34)31(27)18-24-7-6-15-36-24)28(32)21-10-13-25-22(17-21)16-19(2)37-25/h6-13,15,17,19,27,32H,3-5,14,16,18H2,1-2H3/b28-26+. The maximum Gasteiger partial charge on any atom is 0.296 e. The molecule has 0 spiro atoms. The van der Waals surface area contributed by atoms with Gasteiger partial charge in [-0.05, 0) is 66.9 Å². The summed E-state index contributed by atoms with van der Waals surface area (Å²) in [6, 6.07) is 15.4. The van der Waals surface area contributed by atoms with E-state index in [1.807, 2.05) is 37.3 Å². The number of amides is 1. The summed E-state index contributed by atoms with van der Waals surface area (Å²) in [7, 11) is 0. The van der Waals surface area contributed by atoms with Crippen molar-refractivity contribution in [3.05, 3.63) is 88.9 Å². The number of fused-ring (bicyclic) bond motifs is 1. The van der Waals surface area contributed by atoms with Gasteiger partial charge in [-0.3, -0.25) is 9.59 Å². The van der Waals surface area contributed by atoms with Crippen LogP contribution in [0.2, 0.25) is 0 Å².